The van der Waals surface area contributed by atoms with Gasteiger partial charge in [-0.05, 0) is 44.6 Å². The summed E-state index contributed by atoms with van der Waals surface area (Å²) in [5, 5.41) is 0. The van der Waals surface area contributed by atoms with Crippen LogP contribution in [0.15, 0.2) is 18.2 Å². The standard InChI is InChI=1S/C15H23N3O/c1-11-10-18(9-5-8-17(2)3)15(19)14-12(11)6-4-7-13(14)16/h4,6-7,11H,5,8-10,16H2,1-3H3. The molecule has 0 saturated heterocycles. The molecule has 1 aromatic carbocycles. The molecule has 0 radical (unpaired) electrons. The number of hydrogen-bond donors (Lipinski definition) is 1. The number of hydrogen-bond acceptors (Lipinski definition) is 3. The van der Waals surface area contributed by atoms with Gasteiger partial charge in [-0.3, -0.25) is 4.79 Å². The lowest BCUT2D eigenvalue weighted by molar-refractivity contribution is 0.0720. The molecule has 4 nitrogen and oxygen atoms in total. The van der Waals surface area contributed by atoms with Gasteiger partial charge in [-0.15, -0.1) is 0 Å². The molecule has 0 bridgehead atoms. The predicted octanol–water partition coefficient (Wildman–Crippen LogP) is 1.78. The van der Waals surface area contributed by atoms with E-state index < -0.39 is 0 Å². The number of rotatable bonds is 4. The second kappa shape index (κ2) is 5.61. The maximum Gasteiger partial charge on any atom is 0.256 e. The Hall–Kier alpha value is -1.55. The highest BCUT2D eigenvalue weighted by atomic mass is 16.2. The zero-order valence-corrected chi connectivity index (χ0v) is 12.0. The van der Waals surface area contributed by atoms with Crippen LogP contribution >= 0.6 is 0 Å². The third kappa shape index (κ3) is 2.89. The number of nitrogens with zero attached hydrogens (tertiary/aromatic N) is 2. The molecule has 0 aliphatic carbocycles. The first kappa shape index (κ1) is 13.9. The van der Waals surface area contributed by atoms with E-state index in [0.29, 0.717) is 17.2 Å². The largest absolute Gasteiger partial charge is 0.398 e. The van der Waals surface area contributed by atoms with Crippen molar-refractivity contribution < 1.29 is 4.79 Å². The van der Waals surface area contributed by atoms with E-state index in [-0.39, 0.29) is 5.91 Å². The smallest absolute Gasteiger partial charge is 0.256 e. The van der Waals surface area contributed by atoms with E-state index in [1.165, 1.54) is 0 Å². The first-order valence-electron chi connectivity index (χ1n) is 6.83. The van der Waals surface area contributed by atoms with Crippen molar-refractivity contribution in [2.24, 2.45) is 0 Å². The highest BCUT2D eigenvalue weighted by molar-refractivity contribution is 6.01. The molecule has 1 aromatic rings. The van der Waals surface area contributed by atoms with Crippen LogP contribution in [0.4, 0.5) is 5.69 Å². The van der Waals surface area contributed by atoms with Crippen molar-refractivity contribution in [3.63, 3.8) is 0 Å². The number of anilines is 1. The van der Waals surface area contributed by atoms with Gasteiger partial charge in [0.25, 0.3) is 5.91 Å². The summed E-state index contributed by atoms with van der Waals surface area (Å²) in [6.45, 7) is 4.75. The molecule has 1 unspecified atom stereocenters. The number of amides is 1. The fraction of sp³-hybridized carbons (Fsp3) is 0.533. The van der Waals surface area contributed by atoms with Crippen LogP contribution < -0.4 is 5.73 Å². The molecule has 2 N–H and O–H groups in total. The Morgan fingerprint density at radius 1 is 1.42 bits per heavy atom. The van der Waals surface area contributed by atoms with Gasteiger partial charge >= 0.3 is 0 Å². The molecule has 104 valence electrons. The molecule has 2 rings (SSSR count). The lowest BCUT2D eigenvalue weighted by Gasteiger charge is -2.33. The van der Waals surface area contributed by atoms with Crippen molar-refractivity contribution in [1.29, 1.82) is 0 Å². The summed E-state index contributed by atoms with van der Waals surface area (Å²) >= 11 is 0. The highest BCUT2D eigenvalue weighted by Gasteiger charge is 2.29. The zero-order chi connectivity index (χ0) is 14.0. The summed E-state index contributed by atoms with van der Waals surface area (Å²) in [6, 6.07) is 5.76. The fourth-order valence-electron chi connectivity index (χ4n) is 2.69. The third-order valence-electron chi connectivity index (χ3n) is 3.69. The van der Waals surface area contributed by atoms with Crippen LogP contribution in [-0.2, 0) is 0 Å². The highest BCUT2D eigenvalue weighted by Crippen LogP contribution is 2.31. The molecule has 0 aromatic heterocycles. The average Bonchev–Trinajstić information content (AvgIpc) is 2.34. The van der Waals surface area contributed by atoms with Crippen LogP contribution in [0.2, 0.25) is 0 Å². The summed E-state index contributed by atoms with van der Waals surface area (Å²) in [7, 11) is 4.10. The summed E-state index contributed by atoms with van der Waals surface area (Å²) in [4.78, 5) is 16.6. The van der Waals surface area contributed by atoms with Gasteiger partial charge in [0.2, 0.25) is 0 Å². The van der Waals surface area contributed by atoms with Crippen molar-refractivity contribution in [3.05, 3.63) is 29.3 Å². The maximum absolute atomic E-state index is 12.5. The van der Waals surface area contributed by atoms with E-state index in [1.807, 2.05) is 37.2 Å². The first-order valence-corrected chi connectivity index (χ1v) is 6.83. The second-order valence-electron chi connectivity index (χ2n) is 5.62. The van der Waals surface area contributed by atoms with E-state index in [2.05, 4.69) is 11.8 Å². The van der Waals surface area contributed by atoms with Gasteiger partial charge in [-0.2, -0.15) is 0 Å². The molecule has 0 fully saturated rings. The SMILES string of the molecule is CC1CN(CCCN(C)C)C(=O)c2c(N)cccc21. The molecular weight excluding hydrogens is 238 g/mol. The molecule has 0 saturated carbocycles. The topological polar surface area (TPSA) is 49.6 Å². The maximum atomic E-state index is 12.5. The van der Waals surface area contributed by atoms with E-state index in [0.717, 1.165) is 31.6 Å². The van der Waals surface area contributed by atoms with Crippen LogP contribution in [0.25, 0.3) is 0 Å². The normalized spacial score (nSPS) is 18.8. The van der Waals surface area contributed by atoms with Gasteiger partial charge < -0.3 is 15.5 Å². The van der Waals surface area contributed by atoms with E-state index in [9.17, 15) is 4.79 Å². The van der Waals surface area contributed by atoms with Crippen molar-refractivity contribution >= 4 is 11.6 Å². The van der Waals surface area contributed by atoms with Crippen molar-refractivity contribution in [2.75, 3.05) is 39.5 Å². The van der Waals surface area contributed by atoms with Gasteiger partial charge in [0, 0.05) is 18.8 Å². The van der Waals surface area contributed by atoms with Gasteiger partial charge in [-0.25, -0.2) is 0 Å². The molecule has 4 heteroatoms. The number of fused-ring (bicyclic) bond motifs is 1. The average molecular weight is 261 g/mol. The Kier molecular flexibility index (Phi) is 4.10. The Labute approximate surface area is 115 Å². The Morgan fingerprint density at radius 2 is 2.16 bits per heavy atom. The van der Waals surface area contributed by atoms with Crippen molar-refractivity contribution in [3.8, 4) is 0 Å². The molecule has 19 heavy (non-hydrogen) atoms. The molecule has 1 atom stereocenters. The van der Waals surface area contributed by atoms with Crippen LogP contribution in [0.5, 0.6) is 0 Å². The zero-order valence-electron chi connectivity index (χ0n) is 12.0. The number of nitrogen functional groups attached to an aromatic ring is 1. The molecule has 1 aliphatic heterocycles. The van der Waals surface area contributed by atoms with Gasteiger partial charge in [0.15, 0.2) is 0 Å². The fourth-order valence-corrected chi connectivity index (χ4v) is 2.69. The van der Waals surface area contributed by atoms with Crippen LogP contribution in [0.1, 0.15) is 35.2 Å². The Bertz CT molecular complexity index is 470. The second-order valence-corrected chi connectivity index (χ2v) is 5.62. The van der Waals surface area contributed by atoms with E-state index in [1.54, 1.807) is 0 Å². The summed E-state index contributed by atoms with van der Waals surface area (Å²) in [5.74, 6) is 0.445. The Morgan fingerprint density at radius 3 is 2.84 bits per heavy atom. The van der Waals surface area contributed by atoms with E-state index in [4.69, 9.17) is 5.73 Å². The molecular formula is C15H23N3O. The summed E-state index contributed by atoms with van der Waals surface area (Å²) in [6.07, 6.45) is 0.994. The lowest BCUT2D eigenvalue weighted by atomic mass is 9.89. The molecule has 1 heterocycles. The lowest BCUT2D eigenvalue weighted by Crippen LogP contribution is -2.41. The number of benzene rings is 1. The minimum absolute atomic E-state index is 0.0879. The number of nitrogens with two attached hydrogens (primary N) is 1. The van der Waals surface area contributed by atoms with Gasteiger partial charge in [-0.1, -0.05) is 19.1 Å². The van der Waals surface area contributed by atoms with Crippen LogP contribution in [0, 0.1) is 0 Å². The van der Waals surface area contributed by atoms with Gasteiger partial charge in [0.05, 0.1) is 5.56 Å². The summed E-state index contributed by atoms with van der Waals surface area (Å²) in [5.41, 5.74) is 8.39. The quantitative estimate of drug-likeness (QED) is 0.841. The molecule has 1 aliphatic rings. The molecule has 1 amide bonds. The van der Waals surface area contributed by atoms with E-state index >= 15 is 0 Å². The minimum atomic E-state index is 0.0879. The van der Waals surface area contributed by atoms with Crippen molar-refractivity contribution in [2.45, 2.75) is 19.3 Å². The monoisotopic (exact) mass is 261 g/mol. The first-order chi connectivity index (χ1) is 9.00. The number of carbonyl (C=O) groups excluding carboxylic acids is 1. The van der Waals surface area contributed by atoms with Crippen LogP contribution in [0.3, 0.4) is 0 Å². The Balaban J connectivity index is 2.15. The minimum Gasteiger partial charge on any atom is -0.398 e. The predicted molar refractivity (Wildman–Crippen MR) is 78.3 cm³/mol. The number of carbonyl (C=O) groups is 1. The van der Waals surface area contributed by atoms with Gasteiger partial charge in [0.1, 0.15) is 0 Å². The molecule has 0 spiro atoms. The van der Waals surface area contributed by atoms with Crippen molar-refractivity contribution in [1.82, 2.24) is 9.80 Å². The third-order valence-corrected chi connectivity index (χ3v) is 3.69. The summed E-state index contributed by atoms with van der Waals surface area (Å²) < 4.78 is 0. The van der Waals surface area contributed by atoms with Crippen LogP contribution in [-0.4, -0.2) is 49.4 Å².